The number of nitrogens with zero attached hydrogens (tertiary/aromatic N) is 2. The fraction of sp³-hybridized carbons (Fsp3) is 0.136. The Morgan fingerprint density at radius 3 is 2.61 bits per heavy atom. The molecule has 140 valence electrons. The number of carbonyl (C=O) groups is 1. The molecule has 0 saturated heterocycles. The minimum absolute atomic E-state index is 0.304. The predicted octanol–water partition coefficient (Wildman–Crippen LogP) is 5.67. The lowest BCUT2D eigenvalue weighted by Crippen LogP contribution is -2.05. The predicted molar refractivity (Wildman–Crippen MR) is 113 cm³/mol. The van der Waals surface area contributed by atoms with Crippen LogP contribution in [-0.4, -0.2) is 22.5 Å². The van der Waals surface area contributed by atoms with Gasteiger partial charge in [-0.25, -0.2) is 14.8 Å². The standard InChI is InChI=1S/C22H19N3O2S/c1-2-12-27-22(26)16-8-10-17(11-9-16)25-20-19-18(15-6-4-3-5-7-15)13-28-21(19)24-14-23-20/h3-11,13-14H,2,12H2,1H3,(H,23,24,25). The van der Waals surface area contributed by atoms with Crippen LogP contribution in [0.2, 0.25) is 0 Å². The molecule has 2 heterocycles. The number of hydrogen-bond donors (Lipinski definition) is 1. The SMILES string of the molecule is CCCOC(=O)c1ccc(Nc2ncnc3scc(-c4ccccc4)c23)cc1. The summed E-state index contributed by atoms with van der Waals surface area (Å²) >= 11 is 1.60. The van der Waals surface area contributed by atoms with Crippen LogP contribution < -0.4 is 5.32 Å². The summed E-state index contributed by atoms with van der Waals surface area (Å²) in [6.45, 7) is 2.40. The van der Waals surface area contributed by atoms with Crippen molar-refractivity contribution in [1.29, 1.82) is 0 Å². The van der Waals surface area contributed by atoms with Gasteiger partial charge < -0.3 is 10.1 Å². The van der Waals surface area contributed by atoms with Crippen LogP contribution in [0.3, 0.4) is 0 Å². The number of rotatable bonds is 6. The number of hydrogen-bond acceptors (Lipinski definition) is 6. The van der Waals surface area contributed by atoms with Crippen molar-refractivity contribution in [3.8, 4) is 11.1 Å². The van der Waals surface area contributed by atoms with E-state index in [0.29, 0.717) is 12.2 Å². The van der Waals surface area contributed by atoms with Gasteiger partial charge in [-0.15, -0.1) is 11.3 Å². The third kappa shape index (κ3) is 3.73. The molecule has 0 aliphatic carbocycles. The Morgan fingerprint density at radius 2 is 1.86 bits per heavy atom. The second-order valence-electron chi connectivity index (χ2n) is 6.26. The second-order valence-corrected chi connectivity index (χ2v) is 7.11. The fourth-order valence-corrected chi connectivity index (χ4v) is 3.82. The first-order valence-corrected chi connectivity index (χ1v) is 9.96. The summed E-state index contributed by atoms with van der Waals surface area (Å²) in [7, 11) is 0. The van der Waals surface area contributed by atoms with Gasteiger partial charge in [-0.1, -0.05) is 37.3 Å². The molecule has 0 aliphatic heterocycles. The van der Waals surface area contributed by atoms with Crippen molar-refractivity contribution in [1.82, 2.24) is 9.97 Å². The van der Waals surface area contributed by atoms with E-state index in [0.717, 1.165) is 39.3 Å². The Bertz CT molecular complexity index is 1090. The fourth-order valence-electron chi connectivity index (χ4n) is 2.90. The zero-order valence-corrected chi connectivity index (χ0v) is 16.2. The Labute approximate surface area is 167 Å². The van der Waals surface area contributed by atoms with Crippen molar-refractivity contribution in [2.45, 2.75) is 13.3 Å². The van der Waals surface area contributed by atoms with E-state index in [4.69, 9.17) is 4.74 Å². The maximum absolute atomic E-state index is 12.0. The first-order valence-electron chi connectivity index (χ1n) is 9.08. The molecule has 0 aliphatic rings. The van der Waals surface area contributed by atoms with Crippen molar-refractivity contribution in [3.63, 3.8) is 0 Å². The first kappa shape index (κ1) is 18.1. The van der Waals surface area contributed by atoms with Crippen molar-refractivity contribution >= 4 is 39.0 Å². The molecule has 0 amide bonds. The van der Waals surface area contributed by atoms with E-state index >= 15 is 0 Å². The third-order valence-electron chi connectivity index (χ3n) is 4.28. The molecule has 5 nitrogen and oxygen atoms in total. The van der Waals surface area contributed by atoms with Crippen LogP contribution in [-0.2, 0) is 4.74 Å². The molecule has 2 aromatic heterocycles. The van der Waals surface area contributed by atoms with Gasteiger partial charge in [0.2, 0.25) is 0 Å². The van der Waals surface area contributed by atoms with E-state index in [1.807, 2.05) is 37.3 Å². The Balaban J connectivity index is 1.63. The number of fused-ring (bicyclic) bond motifs is 1. The van der Waals surface area contributed by atoms with Gasteiger partial charge in [-0.3, -0.25) is 0 Å². The average Bonchev–Trinajstić information content (AvgIpc) is 3.18. The monoisotopic (exact) mass is 389 g/mol. The molecule has 0 fully saturated rings. The maximum Gasteiger partial charge on any atom is 0.338 e. The van der Waals surface area contributed by atoms with Gasteiger partial charge in [-0.2, -0.15) is 0 Å². The summed E-state index contributed by atoms with van der Waals surface area (Å²) < 4.78 is 5.17. The minimum Gasteiger partial charge on any atom is -0.462 e. The summed E-state index contributed by atoms with van der Waals surface area (Å²) in [6.07, 6.45) is 2.37. The molecule has 0 bridgehead atoms. The Kier molecular flexibility index (Phi) is 5.30. The van der Waals surface area contributed by atoms with E-state index in [2.05, 4.69) is 32.8 Å². The molecule has 0 radical (unpaired) electrons. The van der Waals surface area contributed by atoms with Crippen LogP contribution in [0.25, 0.3) is 21.3 Å². The van der Waals surface area contributed by atoms with Crippen LogP contribution in [0, 0.1) is 0 Å². The third-order valence-corrected chi connectivity index (χ3v) is 5.16. The molecule has 28 heavy (non-hydrogen) atoms. The van der Waals surface area contributed by atoms with Crippen LogP contribution >= 0.6 is 11.3 Å². The van der Waals surface area contributed by atoms with E-state index < -0.39 is 0 Å². The normalized spacial score (nSPS) is 10.8. The zero-order chi connectivity index (χ0) is 19.3. The van der Waals surface area contributed by atoms with Gasteiger partial charge in [0, 0.05) is 16.6 Å². The highest BCUT2D eigenvalue weighted by Gasteiger charge is 2.13. The lowest BCUT2D eigenvalue weighted by molar-refractivity contribution is 0.0505. The molecule has 6 heteroatoms. The molecule has 0 spiro atoms. The topological polar surface area (TPSA) is 64.1 Å². The average molecular weight is 389 g/mol. The number of aromatic nitrogens is 2. The van der Waals surface area contributed by atoms with Crippen LogP contribution in [0.1, 0.15) is 23.7 Å². The number of benzene rings is 2. The van der Waals surface area contributed by atoms with Crippen LogP contribution in [0.5, 0.6) is 0 Å². The van der Waals surface area contributed by atoms with Gasteiger partial charge in [0.25, 0.3) is 0 Å². The smallest absolute Gasteiger partial charge is 0.338 e. The first-order chi connectivity index (χ1) is 13.8. The zero-order valence-electron chi connectivity index (χ0n) is 15.4. The highest BCUT2D eigenvalue weighted by molar-refractivity contribution is 7.17. The molecule has 4 rings (SSSR count). The highest BCUT2D eigenvalue weighted by atomic mass is 32.1. The highest BCUT2D eigenvalue weighted by Crippen LogP contribution is 2.37. The van der Waals surface area contributed by atoms with E-state index in [1.54, 1.807) is 29.8 Å². The largest absolute Gasteiger partial charge is 0.462 e. The van der Waals surface area contributed by atoms with Crippen molar-refractivity contribution in [2.75, 3.05) is 11.9 Å². The molecule has 1 N–H and O–H groups in total. The lowest BCUT2D eigenvalue weighted by Gasteiger charge is -2.09. The second kappa shape index (κ2) is 8.19. The molecule has 0 unspecified atom stereocenters. The number of thiophene rings is 1. The minimum atomic E-state index is -0.304. The lowest BCUT2D eigenvalue weighted by atomic mass is 10.1. The van der Waals surface area contributed by atoms with Gasteiger partial charge in [-0.05, 0) is 36.2 Å². The summed E-state index contributed by atoms with van der Waals surface area (Å²) in [4.78, 5) is 21.7. The molecule has 2 aromatic carbocycles. The molecular formula is C22H19N3O2S. The van der Waals surface area contributed by atoms with E-state index in [9.17, 15) is 4.79 Å². The van der Waals surface area contributed by atoms with Crippen molar-refractivity contribution in [3.05, 3.63) is 71.9 Å². The van der Waals surface area contributed by atoms with E-state index in [1.165, 1.54) is 0 Å². The van der Waals surface area contributed by atoms with Crippen LogP contribution in [0.15, 0.2) is 66.3 Å². The van der Waals surface area contributed by atoms with E-state index in [-0.39, 0.29) is 5.97 Å². The van der Waals surface area contributed by atoms with Gasteiger partial charge >= 0.3 is 5.97 Å². The number of carbonyl (C=O) groups excluding carboxylic acids is 1. The maximum atomic E-state index is 12.0. The van der Waals surface area contributed by atoms with Crippen LogP contribution in [0.4, 0.5) is 11.5 Å². The number of nitrogens with one attached hydrogen (secondary N) is 1. The molecule has 0 saturated carbocycles. The Morgan fingerprint density at radius 1 is 1.07 bits per heavy atom. The van der Waals surface area contributed by atoms with Gasteiger partial charge in [0.15, 0.2) is 0 Å². The van der Waals surface area contributed by atoms with Crippen molar-refractivity contribution < 1.29 is 9.53 Å². The number of ether oxygens (including phenoxy) is 1. The number of anilines is 2. The molecule has 4 aromatic rings. The summed E-state index contributed by atoms with van der Waals surface area (Å²) in [5.74, 6) is 0.438. The van der Waals surface area contributed by atoms with Gasteiger partial charge in [0.05, 0.1) is 17.6 Å². The molecule has 0 atom stereocenters. The summed E-state index contributed by atoms with van der Waals surface area (Å²) in [5.41, 5.74) is 3.61. The summed E-state index contributed by atoms with van der Waals surface area (Å²) in [5, 5.41) is 6.45. The Hall–Kier alpha value is -3.25. The van der Waals surface area contributed by atoms with Gasteiger partial charge in [0.1, 0.15) is 17.0 Å². The number of esters is 1. The molecular weight excluding hydrogens is 370 g/mol. The quantitative estimate of drug-likeness (QED) is 0.431. The summed E-state index contributed by atoms with van der Waals surface area (Å²) in [6, 6.07) is 17.4. The van der Waals surface area contributed by atoms with Crippen molar-refractivity contribution in [2.24, 2.45) is 0 Å².